The highest BCUT2D eigenvalue weighted by atomic mass is 35.5. The molecule has 0 aromatic carbocycles. The predicted octanol–water partition coefficient (Wildman–Crippen LogP) is 0.940. The molecular formula is C10H15ClN4O. The van der Waals surface area contributed by atoms with E-state index in [-0.39, 0.29) is 5.15 Å². The highest BCUT2D eigenvalue weighted by Crippen LogP contribution is 2.19. The molecule has 0 aliphatic rings. The molecule has 0 bridgehead atoms. The zero-order chi connectivity index (χ0) is 12.1. The quantitative estimate of drug-likeness (QED) is 0.568. The van der Waals surface area contributed by atoms with E-state index in [1.807, 2.05) is 26.0 Å². The Hall–Kier alpha value is -1.20. The van der Waals surface area contributed by atoms with Crippen molar-refractivity contribution >= 4 is 23.7 Å². The van der Waals surface area contributed by atoms with Gasteiger partial charge in [0.05, 0.1) is 5.56 Å². The molecule has 6 heteroatoms. The van der Waals surface area contributed by atoms with Crippen LogP contribution in [-0.2, 0) is 0 Å². The van der Waals surface area contributed by atoms with E-state index in [2.05, 4.69) is 14.9 Å². The Labute approximate surface area is 100 Å². The van der Waals surface area contributed by atoms with Crippen molar-refractivity contribution in [3.8, 4) is 0 Å². The standard InChI is InChI=1S/C10H15ClN4O/c1-14(2)4-5-15(3)10-8(6-16)9(11)12-7-13-10/h6-7H,4-5H2,1-3H3. The van der Waals surface area contributed by atoms with E-state index in [0.29, 0.717) is 17.7 Å². The second-order valence-electron chi connectivity index (χ2n) is 3.74. The lowest BCUT2D eigenvalue weighted by atomic mass is 10.3. The maximum absolute atomic E-state index is 10.9. The Balaban J connectivity index is 2.86. The topological polar surface area (TPSA) is 49.3 Å². The summed E-state index contributed by atoms with van der Waals surface area (Å²) in [4.78, 5) is 22.7. The summed E-state index contributed by atoms with van der Waals surface area (Å²) < 4.78 is 0. The van der Waals surface area contributed by atoms with Crippen molar-refractivity contribution < 1.29 is 4.79 Å². The lowest BCUT2D eigenvalue weighted by Crippen LogP contribution is -2.29. The fourth-order valence-corrected chi connectivity index (χ4v) is 1.40. The maximum atomic E-state index is 10.9. The van der Waals surface area contributed by atoms with Gasteiger partial charge in [-0.15, -0.1) is 0 Å². The molecule has 0 unspecified atom stereocenters. The molecule has 0 spiro atoms. The van der Waals surface area contributed by atoms with Crippen LogP contribution in [0, 0.1) is 0 Å². The van der Waals surface area contributed by atoms with Gasteiger partial charge >= 0.3 is 0 Å². The van der Waals surface area contributed by atoms with E-state index in [1.165, 1.54) is 6.33 Å². The minimum atomic E-state index is 0.191. The normalized spacial score (nSPS) is 10.6. The van der Waals surface area contributed by atoms with E-state index >= 15 is 0 Å². The molecule has 1 aromatic rings. The predicted molar refractivity (Wildman–Crippen MR) is 64.3 cm³/mol. The van der Waals surface area contributed by atoms with E-state index in [4.69, 9.17) is 11.6 Å². The molecule has 0 amide bonds. The zero-order valence-corrected chi connectivity index (χ0v) is 10.4. The molecule has 0 atom stereocenters. The number of anilines is 1. The van der Waals surface area contributed by atoms with Gasteiger partial charge in [0.1, 0.15) is 17.3 Å². The summed E-state index contributed by atoms with van der Waals surface area (Å²) in [6, 6.07) is 0. The van der Waals surface area contributed by atoms with Crippen LogP contribution in [0.15, 0.2) is 6.33 Å². The molecular weight excluding hydrogens is 228 g/mol. The second-order valence-corrected chi connectivity index (χ2v) is 4.10. The van der Waals surface area contributed by atoms with E-state index in [9.17, 15) is 4.79 Å². The molecule has 1 aromatic heterocycles. The molecule has 0 aliphatic carbocycles. The largest absolute Gasteiger partial charge is 0.358 e. The van der Waals surface area contributed by atoms with Crippen LogP contribution in [0.1, 0.15) is 10.4 Å². The van der Waals surface area contributed by atoms with Gasteiger partial charge in [0.15, 0.2) is 6.29 Å². The Morgan fingerprint density at radius 1 is 1.31 bits per heavy atom. The summed E-state index contributed by atoms with van der Waals surface area (Å²) in [5.74, 6) is 0.567. The summed E-state index contributed by atoms with van der Waals surface area (Å²) in [7, 11) is 5.85. The second kappa shape index (κ2) is 5.77. The average Bonchev–Trinajstić information content (AvgIpc) is 2.25. The third-order valence-corrected chi connectivity index (χ3v) is 2.48. The van der Waals surface area contributed by atoms with Gasteiger partial charge in [0.25, 0.3) is 0 Å². The first kappa shape index (κ1) is 12.9. The number of carbonyl (C=O) groups excluding carboxylic acids is 1. The van der Waals surface area contributed by atoms with Crippen molar-refractivity contribution in [2.45, 2.75) is 0 Å². The number of nitrogens with zero attached hydrogens (tertiary/aromatic N) is 4. The van der Waals surface area contributed by atoms with Crippen LogP contribution in [0.3, 0.4) is 0 Å². The molecule has 0 radical (unpaired) electrons. The highest BCUT2D eigenvalue weighted by Gasteiger charge is 2.12. The Morgan fingerprint density at radius 2 is 2.00 bits per heavy atom. The van der Waals surface area contributed by atoms with Gasteiger partial charge in [-0.25, -0.2) is 9.97 Å². The van der Waals surface area contributed by atoms with Gasteiger partial charge in [-0.05, 0) is 14.1 Å². The molecule has 0 saturated heterocycles. The fourth-order valence-electron chi connectivity index (χ4n) is 1.23. The SMILES string of the molecule is CN(C)CCN(C)c1ncnc(Cl)c1C=O. The fraction of sp³-hybridized carbons (Fsp3) is 0.500. The monoisotopic (exact) mass is 242 g/mol. The minimum Gasteiger partial charge on any atom is -0.358 e. The van der Waals surface area contributed by atoms with Crippen LogP contribution in [-0.4, -0.2) is 55.4 Å². The van der Waals surface area contributed by atoms with Crippen molar-refractivity contribution in [3.63, 3.8) is 0 Å². The lowest BCUT2D eigenvalue weighted by Gasteiger charge is -2.21. The molecule has 1 rings (SSSR count). The van der Waals surface area contributed by atoms with Crippen LogP contribution in [0.2, 0.25) is 5.15 Å². The number of rotatable bonds is 5. The van der Waals surface area contributed by atoms with Crippen LogP contribution in [0.5, 0.6) is 0 Å². The summed E-state index contributed by atoms with van der Waals surface area (Å²) in [5, 5.41) is 0.191. The van der Waals surface area contributed by atoms with Gasteiger partial charge < -0.3 is 9.80 Å². The third-order valence-electron chi connectivity index (χ3n) is 2.18. The van der Waals surface area contributed by atoms with Crippen molar-refractivity contribution in [1.82, 2.24) is 14.9 Å². The number of aldehydes is 1. The zero-order valence-electron chi connectivity index (χ0n) is 9.64. The average molecular weight is 243 g/mol. The van der Waals surface area contributed by atoms with Gasteiger partial charge in [-0.1, -0.05) is 11.6 Å². The summed E-state index contributed by atoms with van der Waals surface area (Å²) in [6.07, 6.45) is 2.04. The number of aromatic nitrogens is 2. The highest BCUT2D eigenvalue weighted by molar-refractivity contribution is 6.32. The molecule has 1 heterocycles. The molecule has 16 heavy (non-hydrogen) atoms. The summed E-state index contributed by atoms with van der Waals surface area (Å²) in [5.41, 5.74) is 0.338. The van der Waals surface area contributed by atoms with Gasteiger partial charge in [-0.2, -0.15) is 0 Å². The number of halogens is 1. The van der Waals surface area contributed by atoms with E-state index in [1.54, 1.807) is 0 Å². The number of likely N-dealkylation sites (N-methyl/N-ethyl adjacent to an activating group) is 2. The Morgan fingerprint density at radius 3 is 2.56 bits per heavy atom. The number of hydrogen-bond donors (Lipinski definition) is 0. The van der Waals surface area contributed by atoms with Crippen LogP contribution in [0.4, 0.5) is 5.82 Å². The van der Waals surface area contributed by atoms with Gasteiger partial charge in [0, 0.05) is 20.1 Å². The maximum Gasteiger partial charge on any atom is 0.156 e. The van der Waals surface area contributed by atoms with Crippen LogP contribution >= 0.6 is 11.6 Å². The third kappa shape index (κ3) is 3.15. The molecule has 88 valence electrons. The van der Waals surface area contributed by atoms with Crippen LogP contribution < -0.4 is 4.90 Å². The van der Waals surface area contributed by atoms with Crippen molar-refractivity contribution in [3.05, 3.63) is 17.0 Å². The Bertz CT molecular complexity index is 370. The number of carbonyl (C=O) groups is 1. The first-order chi connectivity index (χ1) is 7.56. The smallest absolute Gasteiger partial charge is 0.156 e. The molecule has 0 saturated carbocycles. The molecule has 5 nitrogen and oxygen atoms in total. The first-order valence-electron chi connectivity index (χ1n) is 4.87. The van der Waals surface area contributed by atoms with Crippen molar-refractivity contribution in [1.29, 1.82) is 0 Å². The lowest BCUT2D eigenvalue weighted by molar-refractivity contribution is 0.112. The number of hydrogen-bond acceptors (Lipinski definition) is 5. The van der Waals surface area contributed by atoms with Gasteiger partial charge in [-0.3, -0.25) is 4.79 Å². The van der Waals surface area contributed by atoms with E-state index in [0.717, 1.165) is 13.1 Å². The first-order valence-corrected chi connectivity index (χ1v) is 5.25. The molecule has 0 N–H and O–H groups in total. The van der Waals surface area contributed by atoms with Gasteiger partial charge in [0.2, 0.25) is 0 Å². The Kier molecular flexibility index (Phi) is 4.64. The summed E-state index contributed by atoms with van der Waals surface area (Å²) in [6.45, 7) is 1.64. The van der Waals surface area contributed by atoms with E-state index < -0.39 is 0 Å². The molecule has 0 aliphatic heterocycles. The minimum absolute atomic E-state index is 0.191. The molecule has 0 fully saturated rings. The van der Waals surface area contributed by atoms with Crippen molar-refractivity contribution in [2.75, 3.05) is 39.1 Å². The van der Waals surface area contributed by atoms with Crippen LogP contribution in [0.25, 0.3) is 0 Å². The van der Waals surface area contributed by atoms with Crippen molar-refractivity contribution in [2.24, 2.45) is 0 Å². The summed E-state index contributed by atoms with van der Waals surface area (Å²) >= 11 is 5.82.